The lowest BCUT2D eigenvalue weighted by Crippen LogP contribution is -2.48. The van der Waals surface area contributed by atoms with Gasteiger partial charge in [0, 0.05) is 0 Å². The molecule has 4 aliphatic rings. The molecule has 0 N–H and O–H groups in total. The second-order valence-electron chi connectivity index (χ2n) is 8.48. The van der Waals surface area contributed by atoms with Gasteiger partial charge in [-0.3, -0.25) is 0 Å². The van der Waals surface area contributed by atoms with Crippen LogP contribution in [-0.4, -0.2) is 5.97 Å². The molecule has 0 saturated heterocycles. The number of hydrogen-bond donors (Lipinski definition) is 0. The van der Waals surface area contributed by atoms with E-state index >= 15 is 0 Å². The highest BCUT2D eigenvalue weighted by atomic mass is 16.5. The zero-order chi connectivity index (χ0) is 16.9. The molecule has 0 unspecified atom stereocenters. The van der Waals surface area contributed by atoms with E-state index in [4.69, 9.17) is 4.74 Å². The predicted octanol–water partition coefficient (Wildman–Crippen LogP) is 5.37. The quantitative estimate of drug-likeness (QED) is 0.557. The van der Waals surface area contributed by atoms with Crippen molar-refractivity contribution in [1.29, 1.82) is 0 Å². The number of esters is 1. The summed E-state index contributed by atoms with van der Waals surface area (Å²) in [5, 5.41) is 0. The van der Waals surface area contributed by atoms with E-state index in [1.54, 1.807) is 12.1 Å². The zero-order valence-electron chi connectivity index (χ0n) is 14.5. The molecule has 2 heteroatoms. The van der Waals surface area contributed by atoms with Crippen LogP contribution in [0.4, 0.5) is 0 Å². The van der Waals surface area contributed by atoms with Gasteiger partial charge in [-0.2, -0.15) is 0 Å². The third-order valence-corrected chi connectivity index (χ3v) is 6.72. The van der Waals surface area contributed by atoms with Gasteiger partial charge >= 0.3 is 5.97 Å². The van der Waals surface area contributed by atoms with E-state index < -0.39 is 0 Å². The summed E-state index contributed by atoms with van der Waals surface area (Å²) in [4.78, 5) is 12.2. The second kappa shape index (κ2) is 5.72. The van der Waals surface area contributed by atoms with E-state index in [1.807, 2.05) is 30.3 Å². The first-order valence-corrected chi connectivity index (χ1v) is 9.58. The van der Waals surface area contributed by atoms with Crippen molar-refractivity contribution in [3.05, 3.63) is 65.7 Å². The summed E-state index contributed by atoms with van der Waals surface area (Å²) in [6.07, 6.45) is 8.48. The largest absolute Gasteiger partial charge is 0.423 e. The minimum absolute atomic E-state index is 0.289. The predicted molar refractivity (Wildman–Crippen MR) is 97.7 cm³/mol. The Labute approximate surface area is 149 Å². The van der Waals surface area contributed by atoms with Crippen LogP contribution in [0.5, 0.6) is 5.75 Å². The van der Waals surface area contributed by atoms with Gasteiger partial charge in [-0.25, -0.2) is 4.79 Å². The average Bonchev–Trinajstić information content (AvgIpc) is 2.62. The number of carbonyl (C=O) groups is 1. The first-order chi connectivity index (χ1) is 12.2. The molecule has 0 amide bonds. The van der Waals surface area contributed by atoms with Gasteiger partial charge in [0.05, 0.1) is 5.56 Å². The van der Waals surface area contributed by atoms with Gasteiger partial charge in [0.1, 0.15) is 5.75 Å². The minimum atomic E-state index is -0.289. The van der Waals surface area contributed by atoms with E-state index in [9.17, 15) is 4.79 Å². The highest BCUT2D eigenvalue weighted by molar-refractivity contribution is 5.90. The normalized spacial score (nSPS) is 32.6. The molecule has 25 heavy (non-hydrogen) atoms. The van der Waals surface area contributed by atoms with Crippen LogP contribution in [0.3, 0.4) is 0 Å². The van der Waals surface area contributed by atoms with Gasteiger partial charge < -0.3 is 4.74 Å². The highest BCUT2D eigenvalue weighted by Gasteiger charge is 2.51. The van der Waals surface area contributed by atoms with Crippen molar-refractivity contribution in [3.63, 3.8) is 0 Å². The van der Waals surface area contributed by atoms with Crippen molar-refractivity contribution in [2.24, 2.45) is 17.8 Å². The van der Waals surface area contributed by atoms with Crippen LogP contribution in [0.15, 0.2) is 54.6 Å². The smallest absolute Gasteiger partial charge is 0.343 e. The molecule has 0 heterocycles. The number of ether oxygens (including phenoxy) is 1. The van der Waals surface area contributed by atoms with Crippen LogP contribution in [0.1, 0.15) is 54.4 Å². The van der Waals surface area contributed by atoms with Crippen LogP contribution < -0.4 is 4.74 Å². The molecule has 0 atom stereocenters. The Balaban J connectivity index is 1.35. The van der Waals surface area contributed by atoms with Crippen LogP contribution in [0, 0.1) is 17.8 Å². The van der Waals surface area contributed by atoms with E-state index in [1.165, 1.54) is 44.1 Å². The Bertz CT molecular complexity index is 740. The molecule has 128 valence electrons. The van der Waals surface area contributed by atoms with E-state index in [0.717, 1.165) is 17.8 Å². The lowest BCUT2D eigenvalue weighted by Gasteiger charge is -2.57. The van der Waals surface area contributed by atoms with Gasteiger partial charge in [-0.15, -0.1) is 0 Å². The van der Waals surface area contributed by atoms with E-state index in [-0.39, 0.29) is 5.97 Å². The minimum Gasteiger partial charge on any atom is -0.423 e. The lowest BCUT2D eigenvalue weighted by molar-refractivity contribution is -0.00519. The third-order valence-electron chi connectivity index (χ3n) is 6.72. The molecule has 4 aliphatic carbocycles. The molecule has 4 saturated carbocycles. The maximum Gasteiger partial charge on any atom is 0.343 e. The lowest BCUT2D eigenvalue weighted by atomic mass is 9.48. The maximum atomic E-state index is 12.2. The molecule has 2 nitrogen and oxygen atoms in total. The van der Waals surface area contributed by atoms with Crippen molar-refractivity contribution in [2.75, 3.05) is 0 Å². The highest BCUT2D eigenvalue weighted by Crippen LogP contribution is 2.60. The summed E-state index contributed by atoms with van der Waals surface area (Å²) < 4.78 is 5.54. The Morgan fingerprint density at radius 2 is 1.36 bits per heavy atom. The van der Waals surface area contributed by atoms with Crippen molar-refractivity contribution in [1.82, 2.24) is 0 Å². The molecular formula is C23H24O2. The Hall–Kier alpha value is -2.09. The molecule has 0 aromatic heterocycles. The van der Waals surface area contributed by atoms with Gasteiger partial charge in [0.2, 0.25) is 0 Å². The first-order valence-electron chi connectivity index (χ1n) is 9.58. The van der Waals surface area contributed by atoms with E-state index in [0.29, 0.717) is 16.7 Å². The summed E-state index contributed by atoms with van der Waals surface area (Å²) in [6.45, 7) is 0. The third kappa shape index (κ3) is 2.68. The molecule has 2 aromatic carbocycles. The number of benzene rings is 2. The van der Waals surface area contributed by atoms with Gasteiger partial charge in [0.15, 0.2) is 0 Å². The number of carbonyl (C=O) groups excluding carboxylic acids is 1. The molecule has 0 radical (unpaired) electrons. The molecule has 6 rings (SSSR count). The molecule has 4 bridgehead atoms. The zero-order valence-corrected chi connectivity index (χ0v) is 14.5. The van der Waals surface area contributed by atoms with Gasteiger partial charge in [0.25, 0.3) is 0 Å². The standard InChI is InChI=1S/C23H24O2/c24-22(19-4-2-1-3-5-19)25-21-8-6-20(7-9-21)23-13-16-10-17(14-23)12-18(11-16)15-23/h1-9,16-18H,10-15H2. The summed E-state index contributed by atoms with van der Waals surface area (Å²) in [7, 11) is 0. The molecular weight excluding hydrogens is 308 g/mol. The second-order valence-corrected chi connectivity index (χ2v) is 8.48. The summed E-state index contributed by atoms with van der Waals surface area (Å²) in [5.74, 6) is 3.19. The molecule has 4 fully saturated rings. The monoisotopic (exact) mass is 332 g/mol. The molecule has 2 aromatic rings. The Morgan fingerprint density at radius 3 is 1.92 bits per heavy atom. The number of rotatable bonds is 3. The average molecular weight is 332 g/mol. The van der Waals surface area contributed by atoms with Crippen LogP contribution in [0.2, 0.25) is 0 Å². The summed E-state index contributed by atoms with van der Waals surface area (Å²) >= 11 is 0. The number of hydrogen-bond acceptors (Lipinski definition) is 2. The van der Waals surface area contributed by atoms with Crippen LogP contribution in [0.25, 0.3) is 0 Å². The van der Waals surface area contributed by atoms with Crippen LogP contribution in [-0.2, 0) is 5.41 Å². The fourth-order valence-electron chi connectivity index (χ4n) is 6.08. The van der Waals surface area contributed by atoms with Crippen molar-refractivity contribution in [2.45, 2.75) is 43.9 Å². The topological polar surface area (TPSA) is 26.3 Å². The fourth-order valence-corrected chi connectivity index (χ4v) is 6.08. The summed E-state index contributed by atoms with van der Waals surface area (Å²) in [6, 6.07) is 17.6. The fraction of sp³-hybridized carbons (Fsp3) is 0.435. The van der Waals surface area contributed by atoms with Crippen molar-refractivity contribution >= 4 is 5.97 Å². The molecule has 0 aliphatic heterocycles. The van der Waals surface area contributed by atoms with Gasteiger partial charge in [-0.1, -0.05) is 30.3 Å². The van der Waals surface area contributed by atoms with Crippen molar-refractivity contribution < 1.29 is 9.53 Å². The molecule has 0 spiro atoms. The summed E-state index contributed by atoms with van der Waals surface area (Å²) in [5.41, 5.74) is 2.45. The Kier molecular flexibility index (Phi) is 3.48. The van der Waals surface area contributed by atoms with E-state index in [2.05, 4.69) is 12.1 Å². The van der Waals surface area contributed by atoms with Crippen LogP contribution >= 0.6 is 0 Å². The first kappa shape index (κ1) is 15.2. The maximum absolute atomic E-state index is 12.2. The SMILES string of the molecule is O=C(Oc1ccc(C23CC4CC(CC(C4)C2)C3)cc1)c1ccccc1. The van der Waals surface area contributed by atoms with Crippen molar-refractivity contribution in [3.8, 4) is 5.75 Å². The van der Waals surface area contributed by atoms with Gasteiger partial charge in [-0.05, 0) is 91.5 Å². The Morgan fingerprint density at radius 1 is 0.800 bits per heavy atom.